The average molecular weight is 365 g/mol. The zero-order valence-corrected chi connectivity index (χ0v) is 14.7. The molecule has 1 aliphatic heterocycles. The molecule has 0 atom stereocenters. The van der Waals surface area contributed by atoms with Gasteiger partial charge >= 0.3 is 6.03 Å². The number of rotatable bonds is 3. The van der Waals surface area contributed by atoms with Crippen LogP contribution >= 0.6 is 11.6 Å². The first kappa shape index (κ1) is 17.1. The predicted molar refractivity (Wildman–Crippen MR) is 92.0 cm³/mol. The number of hydrogen-bond donors (Lipinski definition) is 2. The molecule has 132 valence electrons. The maximum Gasteiger partial charge on any atom is 0.321 e. The van der Waals surface area contributed by atoms with Gasteiger partial charge in [0.25, 0.3) is 5.91 Å². The summed E-state index contributed by atoms with van der Waals surface area (Å²) >= 11 is 6.15. The molecule has 25 heavy (non-hydrogen) atoms. The summed E-state index contributed by atoms with van der Waals surface area (Å²) in [5, 5.41) is 9.59. The number of nitrogens with one attached hydrogen (secondary N) is 2. The Hall–Kier alpha value is -2.74. The molecule has 3 rings (SSSR count). The maximum atomic E-state index is 12.4. The molecule has 0 saturated carbocycles. The van der Waals surface area contributed by atoms with E-state index >= 15 is 0 Å². The summed E-state index contributed by atoms with van der Waals surface area (Å²) in [5.41, 5.74) is 2.48. The summed E-state index contributed by atoms with van der Waals surface area (Å²) in [5.74, 6) is 0.791. The van der Waals surface area contributed by atoms with E-state index in [1.54, 1.807) is 26.1 Å². The molecule has 0 bridgehead atoms. The van der Waals surface area contributed by atoms with Crippen LogP contribution < -0.4 is 15.4 Å². The predicted octanol–water partition coefficient (Wildman–Crippen LogP) is 2.94. The molecule has 9 heteroatoms. The average Bonchev–Trinajstić information content (AvgIpc) is 2.86. The number of nitrogens with zero attached hydrogens (tertiary/aromatic N) is 2. The third kappa shape index (κ3) is 3.53. The molecule has 1 aliphatic rings. The fraction of sp³-hybridized carbons (Fsp3) is 0.312. The molecule has 3 amide bonds. The van der Waals surface area contributed by atoms with Crippen molar-refractivity contribution in [1.82, 2.24) is 10.1 Å². The van der Waals surface area contributed by atoms with Crippen LogP contribution in [-0.4, -0.2) is 35.6 Å². The van der Waals surface area contributed by atoms with E-state index in [0.717, 1.165) is 11.3 Å². The van der Waals surface area contributed by atoms with E-state index in [1.807, 2.05) is 6.92 Å². The van der Waals surface area contributed by atoms with Crippen molar-refractivity contribution >= 4 is 34.9 Å². The standard InChI is InChI=1S/C16H17ClN4O4/c1-8-11(9(2)25-20-8)6-21(3)16(23)18-10-4-12(17)15-13(5-10)19-14(22)7-24-15/h4-5H,6-7H2,1-3H3,(H,18,23)(H,19,22). The Labute approximate surface area is 149 Å². The van der Waals surface area contributed by atoms with E-state index in [1.165, 1.54) is 4.90 Å². The number of urea groups is 1. The lowest BCUT2D eigenvalue weighted by Gasteiger charge is -2.21. The molecule has 0 unspecified atom stereocenters. The van der Waals surface area contributed by atoms with Gasteiger partial charge in [-0.05, 0) is 26.0 Å². The molecule has 0 aliphatic carbocycles. The molecule has 0 spiro atoms. The van der Waals surface area contributed by atoms with Crippen LogP contribution in [0.2, 0.25) is 5.02 Å². The lowest BCUT2D eigenvalue weighted by Crippen LogP contribution is -2.31. The van der Waals surface area contributed by atoms with Gasteiger partial charge in [0, 0.05) is 18.3 Å². The first-order valence-corrected chi connectivity index (χ1v) is 7.93. The number of anilines is 2. The van der Waals surface area contributed by atoms with E-state index < -0.39 is 0 Å². The number of carbonyl (C=O) groups excluding carboxylic acids is 2. The second-order valence-electron chi connectivity index (χ2n) is 5.76. The van der Waals surface area contributed by atoms with Gasteiger partial charge in [-0.25, -0.2) is 4.79 Å². The first-order valence-electron chi connectivity index (χ1n) is 7.55. The summed E-state index contributed by atoms with van der Waals surface area (Å²) < 4.78 is 10.4. The third-order valence-electron chi connectivity index (χ3n) is 3.84. The Morgan fingerprint density at radius 1 is 1.44 bits per heavy atom. The topological polar surface area (TPSA) is 96.7 Å². The summed E-state index contributed by atoms with van der Waals surface area (Å²) in [7, 11) is 1.66. The van der Waals surface area contributed by atoms with Crippen LogP contribution in [0.5, 0.6) is 5.75 Å². The number of aromatic nitrogens is 1. The molecule has 0 fully saturated rings. The zero-order chi connectivity index (χ0) is 18.1. The molecule has 1 aromatic heterocycles. The van der Waals surface area contributed by atoms with Gasteiger partial charge in [0.05, 0.1) is 22.9 Å². The number of halogens is 1. The molecule has 0 saturated heterocycles. The quantitative estimate of drug-likeness (QED) is 0.872. The highest BCUT2D eigenvalue weighted by atomic mass is 35.5. The van der Waals surface area contributed by atoms with Crippen LogP contribution in [0, 0.1) is 13.8 Å². The van der Waals surface area contributed by atoms with Gasteiger partial charge in [0.15, 0.2) is 12.4 Å². The number of hydrogen-bond acceptors (Lipinski definition) is 5. The van der Waals surface area contributed by atoms with Crippen LogP contribution in [0.4, 0.5) is 16.2 Å². The summed E-state index contributed by atoms with van der Waals surface area (Å²) in [4.78, 5) is 25.3. The van der Waals surface area contributed by atoms with Crippen LogP contribution in [0.1, 0.15) is 17.0 Å². The molecule has 8 nitrogen and oxygen atoms in total. The van der Waals surface area contributed by atoms with Gasteiger partial charge in [-0.2, -0.15) is 0 Å². The second-order valence-corrected chi connectivity index (χ2v) is 6.17. The van der Waals surface area contributed by atoms with Crippen LogP contribution in [0.3, 0.4) is 0 Å². The van der Waals surface area contributed by atoms with Crippen molar-refractivity contribution in [3.8, 4) is 5.75 Å². The van der Waals surface area contributed by atoms with Crippen LogP contribution in [0.25, 0.3) is 0 Å². The van der Waals surface area contributed by atoms with Crippen molar-refractivity contribution in [2.75, 3.05) is 24.3 Å². The lowest BCUT2D eigenvalue weighted by atomic mass is 10.2. The first-order chi connectivity index (χ1) is 11.8. The Bertz CT molecular complexity index is 829. The molecular formula is C16H17ClN4O4. The summed E-state index contributed by atoms with van der Waals surface area (Å²) in [6.07, 6.45) is 0. The number of ether oxygens (including phenoxy) is 1. The molecular weight excluding hydrogens is 348 g/mol. The highest BCUT2D eigenvalue weighted by Crippen LogP contribution is 2.38. The second kappa shape index (κ2) is 6.64. The summed E-state index contributed by atoms with van der Waals surface area (Å²) in [6.45, 7) is 3.89. The van der Waals surface area contributed by atoms with E-state index in [9.17, 15) is 9.59 Å². The summed E-state index contributed by atoms with van der Waals surface area (Å²) in [6, 6.07) is 2.83. The highest BCUT2D eigenvalue weighted by molar-refractivity contribution is 6.33. The fourth-order valence-corrected chi connectivity index (χ4v) is 2.76. The van der Waals surface area contributed by atoms with Crippen molar-refractivity contribution < 1.29 is 18.8 Å². The van der Waals surface area contributed by atoms with E-state index in [4.69, 9.17) is 20.9 Å². The number of fused-ring (bicyclic) bond motifs is 1. The maximum absolute atomic E-state index is 12.4. The van der Waals surface area contributed by atoms with Crippen molar-refractivity contribution in [2.24, 2.45) is 0 Å². The van der Waals surface area contributed by atoms with Crippen molar-refractivity contribution in [3.05, 3.63) is 34.2 Å². The van der Waals surface area contributed by atoms with E-state index in [0.29, 0.717) is 34.5 Å². The van der Waals surface area contributed by atoms with Crippen molar-refractivity contribution in [3.63, 3.8) is 0 Å². The third-order valence-corrected chi connectivity index (χ3v) is 4.12. The smallest absolute Gasteiger partial charge is 0.321 e. The van der Waals surface area contributed by atoms with Crippen LogP contribution in [-0.2, 0) is 11.3 Å². The minimum atomic E-state index is -0.334. The number of carbonyl (C=O) groups is 2. The van der Waals surface area contributed by atoms with Crippen LogP contribution in [0.15, 0.2) is 16.7 Å². The van der Waals surface area contributed by atoms with Gasteiger partial charge in [0.2, 0.25) is 0 Å². The van der Waals surface area contributed by atoms with Gasteiger partial charge in [-0.1, -0.05) is 16.8 Å². The number of benzene rings is 1. The number of aryl methyl sites for hydroxylation is 2. The van der Waals surface area contributed by atoms with Gasteiger partial charge < -0.3 is 24.8 Å². The molecule has 0 radical (unpaired) electrons. The van der Waals surface area contributed by atoms with Crippen molar-refractivity contribution in [1.29, 1.82) is 0 Å². The largest absolute Gasteiger partial charge is 0.480 e. The minimum absolute atomic E-state index is 0.0847. The Balaban J connectivity index is 1.73. The van der Waals surface area contributed by atoms with Gasteiger partial charge in [-0.15, -0.1) is 0 Å². The Morgan fingerprint density at radius 2 is 2.20 bits per heavy atom. The Morgan fingerprint density at radius 3 is 2.88 bits per heavy atom. The molecule has 1 aromatic carbocycles. The molecule has 2 heterocycles. The lowest BCUT2D eigenvalue weighted by molar-refractivity contribution is -0.118. The zero-order valence-electron chi connectivity index (χ0n) is 14.0. The monoisotopic (exact) mass is 364 g/mol. The molecule has 2 aromatic rings. The Kier molecular flexibility index (Phi) is 4.54. The van der Waals surface area contributed by atoms with Gasteiger partial charge in [0.1, 0.15) is 5.76 Å². The highest BCUT2D eigenvalue weighted by Gasteiger charge is 2.21. The normalized spacial score (nSPS) is 12.9. The van der Waals surface area contributed by atoms with E-state index in [2.05, 4.69) is 15.8 Å². The SMILES string of the molecule is Cc1noc(C)c1CN(C)C(=O)Nc1cc(Cl)c2c(c1)NC(=O)CO2. The fourth-order valence-electron chi connectivity index (χ4n) is 2.48. The van der Waals surface area contributed by atoms with Crippen molar-refractivity contribution in [2.45, 2.75) is 20.4 Å². The van der Waals surface area contributed by atoms with E-state index in [-0.39, 0.29) is 18.5 Å². The van der Waals surface area contributed by atoms with Gasteiger partial charge in [-0.3, -0.25) is 4.79 Å². The number of amides is 3. The minimum Gasteiger partial charge on any atom is -0.480 e. The molecule has 2 N–H and O–H groups in total.